The number of alkyl halides is 3. The Morgan fingerprint density at radius 3 is 2.60 bits per heavy atom. The molecule has 1 aliphatic rings. The molecule has 2 atom stereocenters. The SMILES string of the molecule is CN1CCC[C@H](CC(=O)O)[C@H]1C(F)(F)F. The summed E-state index contributed by atoms with van der Waals surface area (Å²) in [4.78, 5) is 11.7. The number of carboxylic acids is 1. The summed E-state index contributed by atoms with van der Waals surface area (Å²) in [5.74, 6) is -1.98. The van der Waals surface area contributed by atoms with Crippen molar-refractivity contribution in [1.82, 2.24) is 4.90 Å². The van der Waals surface area contributed by atoms with Gasteiger partial charge in [0.25, 0.3) is 0 Å². The molecule has 0 aromatic rings. The van der Waals surface area contributed by atoms with Gasteiger partial charge in [-0.2, -0.15) is 13.2 Å². The Labute approximate surface area is 85.9 Å². The van der Waals surface area contributed by atoms with Crippen molar-refractivity contribution in [2.75, 3.05) is 13.6 Å². The van der Waals surface area contributed by atoms with Crippen molar-refractivity contribution >= 4 is 5.97 Å². The molecule has 0 spiro atoms. The predicted molar refractivity (Wildman–Crippen MR) is 47.4 cm³/mol. The number of carbonyl (C=O) groups is 1. The van der Waals surface area contributed by atoms with E-state index in [4.69, 9.17) is 5.11 Å². The molecular formula is C9H14F3NO2. The van der Waals surface area contributed by atoms with E-state index < -0.39 is 30.5 Å². The van der Waals surface area contributed by atoms with Crippen molar-refractivity contribution < 1.29 is 23.1 Å². The Balaban J connectivity index is 2.77. The number of halogens is 3. The number of nitrogens with zero attached hydrogens (tertiary/aromatic N) is 1. The molecule has 1 N–H and O–H groups in total. The van der Waals surface area contributed by atoms with Gasteiger partial charge in [0.05, 0.1) is 0 Å². The maximum absolute atomic E-state index is 12.7. The second kappa shape index (κ2) is 4.38. The van der Waals surface area contributed by atoms with E-state index in [2.05, 4.69) is 0 Å². The van der Waals surface area contributed by atoms with E-state index in [1.165, 1.54) is 11.9 Å². The smallest absolute Gasteiger partial charge is 0.404 e. The van der Waals surface area contributed by atoms with Gasteiger partial charge in [-0.3, -0.25) is 9.69 Å². The highest BCUT2D eigenvalue weighted by Crippen LogP contribution is 2.36. The van der Waals surface area contributed by atoms with Crippen LogP contribution in [0.5, 0.6) is 0 Å². The van der Waals surface area contributed by atoms with E-state index in [0.717, 1.165) is 0 Å². The number of piperidine rings is 1. The fourth-order valence-electron chi connectivity index (χ4n) is 2.21. The average molecular weight is 225 g/mol. The van der Waals surface area contributed by atoms with E-state index in [1.54, 1.807) is 0 Å². The normalized spacial score (nSPS) is 29.1. The summed E-state index contributed by atoms with van der Waals surface area (Å²) < 4.78 is 38.0. The Hall–Kier alpha value is -0.780. The Bertz CT molecular complexity index is 242. The highest BCUT2D eigenvalue weighted by Gasteiger charge is 2.48. The summed E-state index contributed by atoms with van der Waals surface area (Å²) >= 11 is 0. The van der Waals surface area contributed by atoms with Gasteiger partial charge >= 0.3 is 12.1 Å². The number of hydrogen-bond donors (Lipinski definition) is 1. The first kappa shape index (κ1) is 12.3. The fourth-order valence-corrected chi connectivity index (χ4v) is 2.21. The maximum atomic E-state index is 12.7. The van der Waals surface area contributed by atoms with Gasteiger partial charge in [0, 0.05) is 6.42 Å². The van der Waals surface area contributed by atoms with Gasteiger partial charge in [0.2, 0.25) is 0 Å². The molecule has 0 amide bonds. The Morgan fingerprint density at radius 2 is 2.13 bits per heavy atom. The molecule has 0 unspecified atom stereocenters. The van der Waals surface area contributed by atoms with Crippen molar-refractivity contribution in [3.8, 4) is 0 Å². The van der Waals surface area contributed by atoms with Gasteiger partial charge in [-0.15, -0.1) is 0 Å². The molecule has 0 bridgehead atoms. The maximum Gasteiger partial charge on any atom is 0.404 e. The largest absolute Gasteiger partial charge is 0.481 e. The quantitative estimate of drug-likeness (QED) is 0.778. The van der Waals surface area contributed by atoms with Crippen LogP contribution in [0.3, 0.4) is 0 Å². The zero-order chi connectivity index (χ0) is 11.6. The number of aliphatic carboxylic acids is 1. The van der Waals surface area contributed by atoms with Gasteiger partial charge in [-0.1, -0.05) is 0 Å². The lowest BCUT2D eigenvalue weighted by atomic mass is 9.86. The van der Waals surface area contributed by atoms with Gasteiger partial charge < -0.3 is 5.11 Å². The highest BCUT2D eigenvalue weighted by atomic mass is 19.4. The summed E-state index contributed by atoms with van der Waals surface area (Å²) in [6, 6.07) is -1.61. The molecule has 3 nitrogen and oxygen atoms in total. The summed E-state index contributed by atoms with van der Waals surface area (Å²) in [5, 5.41) is 8.55. The van der Waals surface area contributed by atoms with Crippen LogP contribution in [0.15, 0.2) is 0 Å². The molecule has 1 aliphatic heterocycles. The summed E-state index contributed by atoms with van der Waals surface area (Å²) in [6.07, 6.45) is -3.79. The molecule has 88 valence electrons. The molecule has 1 saturated heterocycles. The van der Waals surface area contributed by atoms with Crippen LogP contribution in [-0.4, -0.2) is 41.8 Å². The average Bonchev–Trinajstić information content (AvgIpc) is 1.99. The fraction of sp³-hybridized carbons (Fsp3) is 0.889. The molecule has 0 aliphatic carbocycles. The van der Waals surface area contributed by atoms with Crippen LogP contribution in [0.4, 0.5) is 13.2 Å². The van der Waals surface area contributed by atoms with Crippen LogP contribution in [-0.2, 0) is 4.79 Å². The minimum absolute atomic E-state index is 0.334. The monoisotopic (exact) mass is 225 g/mol. The van der Waals surface area contributed by atoms with Crippen molar-refractivity contribution in [1.29, 1.82) is 0 Å². The standard InChI is InChI=1S/C9H14F3NO2/c1-13-4-2-3-6(5-7(14)15)8(13)9(10,11)12/h6,8H,2-5H2,1H3,(H,14,15)/t6-,8+/m1/s1. The first-order valence-corrected chi connectivity index (χ1v) is 4.81. The van der Waals surface area contributed by atoms with E-state index >= 15 is 0 Å². The topological polar surface area (TPSA) is 40.5 Å². The number of likely N-dealkylation sites (tertiary alicyclic amines) is 1. The van der Waals surface area contributed by atoms with E-state index in [1.807, 2.05) is 0 Å². The molecule has 6 heteroatoms. The molecule has 1 rings (SSSR count). The second-order valence-corrected chi connectivity index (χ2v) is 3.97. The van der Waals surface area contributed by atoms with Crippen molar-refractivity contribution in [3.05, 3.63) is 0 Å². The minimum atomic E-state index is -4.34. The van der Waals surface area contributed by atoms with E-state index in [9.17, 15) is 18.0 Å². The number of carboxylic acid groups (broad SMARTS) is 1. The molecule has 0 aromatic carbocycles. The Morgan fingerprint density at radius 1 is 1.53 bits per heavy atom. The van der Waals surface area contributed by atoms with Crippen LogP contribution < -0.4 is 0 Å². The van der Waals surface area contributed by atoms with Crippen LogP contribution in [0.1, 0.15) is 19.3 Å². The predicted octanol–water partition coefficient (Wildman–Crippen LogP) is 1.73. The Kier molecular flexibility index (Phi) is 3.59. The first-order valence-electron chi connectivity index (χ1n) is 4.81. The van der Waals surface area contributed by atoms with Gasteiger partial charge in [-0.25, -0.2) is 0 Å². The molecule has 0 saturated carbocycles. The molecule has 15 heavy (non-hydrogen) atoms. The third-order valence-electron chi connectivity index (χ3n) is 2.78. The lowest BCUT2D eigenvalue weighted by molar-refractivity contribution is -0.202. The van der Waals surface area contributed by atoms with Crippen LogP contribution in [0, 0.1) is 5.92 Å². The molecule has 0 aromatic heterocycles. The van der Waals surface area contributed by atoms with Crippen LogP contribution in [0.25, 0.3) is 0 Å². The van der Waals surface area contributed by atoms with Crippen LogP contribution >= 0.6 is 0 Å². The van der Waals surface area contributed by atoms with E-state index in [-0.39, 0.29) is 0 Å². The van der Waals surface area contributed by atoms with Gasteiger partial charge in [0.15, 0.2) is 0 Å². The number of rotatable bonds is 2. The van der Waals surface area contributed by atoms with Crippen LogP contribution in [0.2, 0.25) is 0 Å². The summed E-state index contributed by atoms with van der Waals surface area (Å²) in [7, 11) is 1.40. The first-order chi connectivity index (χ1) is 6.82. The molecule has 0 radical (unpaired) electrons. The van der Waals surface area contributed by atoms with E-state index in [0.29, 0.717) is 19.4 Å². The van der Waals surface area contributed by atoms with Gasteiger partial charge in [0.1, 0.15) is 6.04 Å². The molecule has 1 fully saturated rings. The molecular weight excluding hydrogens is 211 g/mol. The third-order valence-corrected chi connectivity index (χ3v) is 2.78. The number of hydrogen-bond acceptors (Lipinski definition) is 2. The second-order valence-electron chi connectivity index (χ2n) is 3.97. The lowest BCUT2D eigenvalue weighted by Gasteiger charge is -2.39. The summed E-state index contributed by atoms with van der Waals surface area (Å²) in [5.41, 5.74) is 0. The lowest BCUT2D eigenvalue weighted by Crippen LogP contribution is -2.52. The third kappa shape index (κ3) is 3.09. The summed E-state index contributed by atoms with van der Waals surface area (Å²) in [6.45, 7) is 0.375. The van der Waals surface area contributed by atoms with Crippen molar-refractivity contribution in [3.63, 3.8) is 0 Å². The zero-order valence-corrected chi connectivity index (χ0v) is 8.42. The van der Waals surface area contributed by atoms with Crippen molar-refractivity contribution in [2.45, 2.75) is 31.5 Å². The minimum Gasteiger partial charge on any atom is -0.481 e. The van der Waals surface area contributed by atoms with Crippen molar-refractivity contribution in [2.24, 2.45) is 5.92 Å². The zero-order valence-electron chi connectivity index (χ0n) is 8.42. The highest BCUT2D eigenvalue weighted by molar-refractivity contribution is 5.67. The molecule has 1 heterocycles. The van der Waals surface area contributed by atoms with Gasteiger partial charge in [-0.05, 0) is 32.4 Å².